The van der Waals surface area contributed by atoms with Crippen LogP contribution < -0.4 is 15.5 Å². The van der Waals surface area contributed by atoms with Crippen LogP contribution in [-0.4, -0.2) is 68.6 Å². The molecule has 32 heavy (non-hydrogen) atoms. The van der Waals surface area contributed by atoms with Crippen LogP contribution in [0.15, 0.2) is 30.3 Å². The first-order valence-electron chi connectivity index (χ1n) is 10.0. The van der Waals surface area contributed by atoms with E-state index in [9.17, 15) is 18.8 Å². The van der Waals surface area contributed by atoms with Crippen LogP contribution in [0, 0.1) is 5.82 Å². The van der Waals surface area contributed by atoms with Crippen LogP contribution in [0.5, 0.6) is 0 Å². The van der Waals surface area contributed by atoms with Crippen LogP contribution in [-0.2, 0) is 14.3 Å². The van der Waals surface area contributed by atoms with Crippen molar-refractivity contribution < 1.29 is 23.5 Å². The Kier molecular flexibility index (Phi) is 8.19. The predicted molar refractivity (Wildman–Crippen MR) is 122 cm³/mol. The van der Waals surface area contributed by atoms with Gasteiger partial charge in [0.1, 0.15) is 18.5 Å². The van der Waals surface area contributed by atoms with E-state index in [1.807, 2.05) is 6.92 Å². The number of morpholine rings is 1. The van der Waals surface area contributed by atoms with Crippen molar-refractivity contribution in [3.63, 3.8) is 0 Å². The molecule has 11 heteroatoms. The third-order valence-electron chi connectivity index (χ3n) is 5.09. The number of nitrogens with zero attached hydrogens (tertiary/aromatic N) is 2. The van der Waals surface area contributed by atoms with E-state index in [-0.39, 0.29) is 30.7 Å². The number of carbonyl (C=O) groups is 3. The summed E-state index contributed by atoms with van der Waals surface area (Å²) in [7, 11) is 1.74. The number of anilines is 2. The largest absolute Gasteiger partial charge is 0.370 e. The van der Waals surface area contributed by atoms with Gasteiger partial charge in [0.05, 0.1) is 21.5 Å². The van der Waals surface area contributed by atoms with Gasteiger partial charge in [0, 0.05) is 18.8 Å². The fourth-order valence-electron chi connectivity index (χ4n) is 3.16. The van der Waals surface area contributed by atoms with Gasteiger partial charge in [-0.2, -0.15) is 0 Å². The maximum atomic E-state index is 14.7. The molecule has 2 aromatic rings. The molecular formula is C21H24ClFN4O4S. The number of hydrogen-bond donors (Lipinski definition) is 2. The van der Waals surface area contributed by atoms with Gasteiger partial charge in [-0.25, -0.2) is 4.39 Å². The molecule has 0 aliphatic carbocycles. The van der Waals surface area contributed by atoms with Gasteiger partial charge in [0.15, 0.2) is 0 Å². The monoisotopic (exact) mass is 482 g/mol. The second-order valence-electron chi connectivity index (χ2n) is 7.15. The van der Waals surface area contributed by atoms with E-state index in [1.165, 1.54) is 17.0 Å². The lowest BCUT2D eigenvalue weighted by atomic mass is 10.2. The molecule has 0 radical (unpaired) electrons. The van der Waals surface area contributed by atoms with E-state index in [1.54, 1.807) is 30.1 Å². The van der Waals surface area contributed by atoms with Crippen LogP contribution in [0.4, 0.5) is 15.8 Å². The first kappa shape index (κ1) is 24.1. The lowest BCUT2D eigenvalue weighted by molar-refractivity contribution is -0.125. The van der Waals surface area contributed by atoms with Gasteiger partial charge in [-0.3, -0.25) is 19.3 Å². The van der Waals surface area contributed by atoms with E-state index in [4.69, 9.17) is 16.3 Å². The number of hydrogen-bond acceptors (Lipinski definition) is 6. The van der Waals surface area contributed by atoms with E-state index < -0.39 is 17.8 Å². The number of amides is 3. The summed E-state index contributed by atoms with van der Waals surface area (Å²) in [6.07, 6.45) is 0. The highest BCUT2D eigenvalue weighted by Crippen LogP contribution is 2.24. The topological polar surface area (TPSA) is 91.0 Å². The smallest absolute Gasteiger partial charge is 0.261 e. The van der Waals surface area contributed by atoms with Gasteiger partial charge in [-0.15, -0.1) is 11.3 Å². The number of carbonyl (C=O) groups excluding carboxylic acids is 3. The Balaban J connectivity index is 1.67. The minimum atomic E-state index is -0.723. The summed E-state index contributed by atoms with van der Waals surface area (Å²) in [5.74, 6) is -1.71. The second-order valence-corrected chi connectivity index (χ2v) is 8.87. The quantitative estimate of drug-likeness (QED) is 0.603. The normalized spacial score (nSPS) is 15.0. The van der Waals surface area contributed by atoms with Crippen molar-refractivity contribution in [2.45, 2.75) is 13.0 Å². The van der Waals surface area contributed by atoms with Crippen LogP contribution in [0.25, 0.3) is 0 Å². The predicted octanol–water partition coefficient (Wildman–Crippen LogP) is 2.59. The summed E-state index contributed by atoms with van der Waals surface area (Å²) >= 11 is 7.01. The molecule has 1 atom stereocenters. The minimum absolute atomic E-state index is 0.00896. The number of benzene rings is 1. The van der Waals surface area contributed by atoms with Crippen LogP contribution in [0.1, 0.15) is 16.6 Å². The molecule has 3 amide bonds. The van der Waals surface area contributed by atoms with Crippen molar-refractivity contribution in [1.82, 2.24) is 10.2 Å². The number of nitrogens with one attached hydrogen (secondary N) is 2. The molecule has 1 aliphatic heterocycles. The summed E-state index contributed by atoms with van der Waals surface area (Å²) in [5, 5.41) is 5.31. The highest BCUT2D eigenvalue weighted by atomic mass is 35.5. The van der Waals surface area contributed by atoms with Crippen molar-refractivity contribution in [3.8, 4) is 0 Å². The summed E-state index contributed by atoms with van der Waals surface area (Å²) < 4.78 is 20.3. The first-order valence-corrected chi connectivity index (χ1v) is 11.2. The lowest BCUT2D eigenvalue weighted by Gasteiger charge is -2.28. The summed E-state index contributed by atoms with van der Waals surface area (Å²) in [5.41, 5.74) is 0.392. The molecule has 1 aromatic carbocycles. The molecule has 0 saturated carbocycles. The minimum Gasteiger partial charge on any atom is -0.370 e. The fourth-order valence-corrected chi connectivity index (χ4v) is 4.12. The van der Waals surface area contributed by atoms with E-state index in [2.05, 4.69) is 10.6 Å². The number of halogens is 2. The Hall–Kier alpha value is -2.53. The van der Waals surface area contributed by atoms with Crippen LogP contribution in [0.2, 0.25) is 4.34 Å². The van der Waals surface area contributed by atoms with Crippen molar-refractivity contribution >= 4 is 52.0 Å². The van der Waals surface area contributed by atoms with Crippen molar-refractivity contribution in [2.75, 3.05) is 50.1 Å². The molecular weight excluding hydrogens is 459 g/mol. The van der Waals surface area contributed by atoms with E-state index >= 15 is 0 Å². The Labute approximate surface area is 194 Å². The Morgan fingerprint density at radius 1 is 1.34 bits per heavy atom. The zero-order chi connectivity index (χ0) is 23.3. The SMILES string of the molecule is CCN(C)[C@@H](CNC(=O)c1ccc(Cl)s1)C(=O)Nc1ccc(N2CCOCC2=O)cc1F. The highest BCUT2D eigenvalue weighted by molar-refractivity contribution is 7.18. The molecule has 8 nitrogen and oxygen atoms in total. The standard InChI is InChI=1S/C21H24ClFN4O4S/c1-3-26(2)16(11-24-21(30)17-6-7-18(22)32-17)20(29)25-15-5-4-13(10-14(15)23)27-8-9-31-12-19(27)28/h4-7,10,16H,3,8-9,11-12H2,1-2H3,(H,24,30)(H,25,29)/t16-/m0/s1. The Morgan fingerprint density at radius 3 is 2.75 bits per heavy atom. The molecule has 1 aliphatic rings. The number of thiophene rings is 1. The summed E-state index contributed by atoms with van der Waals surface area (Å²) in [6.45, 7) is 3.11. The van der Waals surface area contributed by atoms with Gasteiger partial charge in [0.2, 0.25) is 5.91 Å². The molecule has 172 valence electrons. The van der Waals surface area contributed by atoms with Gasteiger partial charge >= 0.3 is 0 Å². The van der Waals surface area contributed by atoms with Gasteiger partial charge in [-0.05, 0) is 43.9 Å². The number of ether oxygens (including phenoxy) is 1. The maximum absolute atomic E-state index is 14.7. The summed E-state index contributed by atoms with van der Waals surface area (Å²) in [6, 6.07) is 6.71. The van der Waals surface area contributed by atoms with Crippen LogP contribution in [0.3, 0.4) is 0 Å². The Morgan fingerprint density at radius 2 is 2.12 bits per heavy atom. The molecule has 0 bridgehead atoms. The van der Waals surface area contributed by atoms with Gasteiger partial charge < -0.3 is 20.3 Å². The molecule has 1 saturated heterocycles. The van der Waals surface area contributed by atoms with Crippen molar-refractivity contribution in [1.29, 1.82) is 0 Å². The van der Waals surface area contributed by atoms with Crippen LogP contribution >= 0.6 is 22.9 Å². The Bertz CT molecular complexity index is 1000. The van der Waals surface area contributed by atoms with Gasteiger partial charge in [0.25, 0.3) is 11.8 Å². The molecule has 1 fully saturated rings. The highest BCUT2D eigenvalue weighted by Gasteiger charge is 2.25. The number of rotatable bonds is 8. The zero-order valence-electron chi connectivity index (χ0n) is 17.7. The molecule has 0 unspecified atom stereocenters. The first-order chi connectivity index (χ1) is 15.3. The average Bonchev–Trinajstić information content (AvgIpc) is 3.21. The van der Waals surface area contributed by atoms with Crippen molar-refractivity contribution in [2.24, 2.45) is 0 Å². The molecule has 2 N–H and O–H groups in total. The molecule has 2 heterocycles. The molecule has 1 aromatic heterocycles. The third kappa shape index (κ3) is 5.83. The van der Waals surface area contributed by atoms with Crippen molar-refractivity contribution in [3.05, 3.63) is 45.4 Å². The second kappa shape index (κ2) is 10.9. The maximum Gasteiger partial charge on any atom is 0.261 e. The average molecular weight is 483 g/mol. The lowest BCUT2D eigenvalue weighted by Crippen LogP contribution is -2.49. The van der Waals surface area contributed by atoms with Gasteiger partial charge in [-0.1, -0.05) is 18.5 Å². The van der Waals surface area contributed by atoms with E-state index in [0.717, 1.165) is 11.3 Å². The molecule has 3 rings (SSSR count). The zero-order valence-corrected chi connectivity index (χ0v) is 19.3. The van der Waals surface area contributed by atoms with E-state index in [0.29, 0.717) is 34.6 Å². The number of likely N-dealkylation sites (N-methyl/N-ethyl adjacent to an activating group) is 1. The molecule has 0 spiro atoms. The fraction of sp³-hybridized carbons (Fsp3) is 0.381. The third-order valence-corrected chi connectivity index (χ3v) is 6.32. The summed E-state index contributed by atoms with van der Waals surface area (Å²) in [4.78, 5) is 40.8.